The molecule has 3 unspecified atom stereocenters. The number of nitrogens with one attached hydrogen (secondary N) is 2. The van der Waals surface area contributed by atoms with Crippen molar-refractivity contribution in [2.24, 2.45) is 5.92 Å². The second-order valence-electron chi connectivity index (χ2n) is 10.8. The van der Waals surface area contributed by atoms with Gasteiger partial charge in [-0.1, -0.05) is 26.0 Å². The minimum absolute atomic E-state index is 0.00535. The Bertz CT molecular complexity index is 947. The minimum atomic E-state index is -1.11. The predicted molar refractivity (Wildman–Crippen MR) is 152 cm³/mol. The third-order valence-corrected chi connectivity index (χ3v) is 6.10. The second kappa shape index (κ2) is 16.2. The van der Waals surface area contributed by atoms with Gasteiger partial charge in [-0.05, 0) is 71.1 Å². The lowest BCUT2D eigenvalue weighted by atomic mass is 9.97. The number of phenolic OH excluding ortho intramolecular Hbond substituents is 1. The van der Waals surface area contributed by atoms with Crippen molar-refractivity contribution < 1.29 is 33.8 Å². The molecule has 3 N–H and O–H groups in total. The van der Waals surface area contributed by atoms with E-state index in [1.54, 1.807) is 39.8 Å². The minimum Gasteiger partial charge on any atom is -0.508 e. The Morgan fingerprint density at radius 2 is 1.67 bits per heavy atom. The average Bonchev–Trinajstić information content (AvgIpc) is 2.83. The van der Waals surface area contributed by atoms with Crippen molar-refractivity contribution in [3.8, 4) is 5.75 Å². The Morgan fingerprint density at radius 3 is 2.18 bits per heavy atom. The number of alkyl carbamates (subject to hydrolysis) is 1. The van der Waals surface area contributed by atoms with Crippen LogP contribution in [0.1, 0.15) is 79.3 Å². The van der Waals surface area contributed by atoms with E-state index >= 15 is 0 Å². The summed E-state index contributed by atoms with van der Waals surface area (Å²) in [6, 6.07) is 3.42. The standard InChI is InChI=1S/C28H45N3O7S/c1-8-37-23(33)15-16-29-25(34)24(20-11-13-21(32)14-12-20)31(19(4)10-9-18(2)3)26(35)22(17-39)30-27(36)38-28(5,6)7/h11-14,18-19,22,24,32,39H,8-10,15-17H2,1-7H3,(H,29,34)(H,30,36). The Morgan fingerprint density at radius 1 is 1.05 bits per heavy atom. The van der Waals surface area contributed by atoms with Crippen molar-refractivity contribution in [1.29, 1.82) is 0 Å². The highest BCUT2D eigenvalue weighted by Crippen LogP contribution is 2.28. The maximum absolute atomic E-state index is 14.0. The summed E-state index contributed by atoms with van der Waals surface area (Å²) in [6.45, 7) is 13.1. The molecular formula is C28H45N3O7S. The van der Waals surface area contributed by atoms with Crippen molar-refractivity contribution in [2.45, 2.75) is 91.5 Å². The summed E-state index contributed by atoms with van der Waals surface area (Å²) in [5.74, 6) is -1.14. The van der Waals surface area contributed by atoms with Crippen molar-refractivity contribution >= 4 is 36.5 Å². The zero-order valence-corrected chi connectivity index (χ0v) is 25.0. The molecule has 3 atom stereocenters. The van der Waals surface area contributed by atoms with Crippen LogP contribution in [0, 0.1) is 5.92 Å². The first kappa shape index (κ1) is 34.1. The highest BCUT2D eigenvalue weighted by atomic mass is 32.1. The summed E-state index contributed by atoms with van der Waals surface area (Å²) in [5, 5.41) is 15.2. The third kappa shape index (κ3) is 12.2. The number of nitrogens with zero attached hydrogens (tertiary/aromatic N) is 1. The molecule has 0 saturated heterocycles. The Kier molecular flexibility index (Phi) is 14.2. The zero-order chi connectivity index (χ0) is 29.8. The smallest absolute Gasteiger partial charge is 0.408 e. The summed E-state index contributed by atoms with van der Waals surface area (Å²) in [6.07, 6.45) is 0.589. The maximum atomic E-state index is 14.0. The number of aromatic hydroxyl groups is 1. The lowest BCUT2D eigenvalue weighted by Gasteiger charge is -2.38. The van der Waals surface area contributed by atoms with E-state index in [9.17, 15) is 24.3 Å². The van der Waals surface area contributed by atoms with Gasteiger partial charge in [-0.2, -0.15) is 12.6 Å². The molecule has 39 heavy (non-hydrogen) atoms. The molecule has 0 bridgehead atoms. The van der Waals surface area contributed by atoms with Crippen LogP contribution in [0.15, 0.2) is 24.3 Å². The van der Waals surface area contributed by atoms with Crippen LogP contribution in [-0.4, -0.2) is 70.5 Å². The van der Waals surface area contributed by atoms with Crippen LogP contribution in [0.4, 0.5) is 4.79 Å². The second-order valence-corrected chi connectivity index (χ2v) is 11.2. The van der Waals surface area contributed by atoms with Gasteiger partial charge in [0.05, 0.1) is 13.0 Å². The van der Waals surface area contributed by atoms with Gasteiger partial charge in [0.1, 0.15) is 23.4 Å². The van der Waals surface area contributed by atoms with Crippen LogP contribution in [-0.2, 0) is 23.9 Å². The Hall–Kier alpha value is -2.95. The number of esters is 1. The van der Waals surface area contributed by atoms with E-state index in [4.69, 9.17) is 9.47 Å². The molecule has 0 aliphatic rings. The fourth-order valence-electron chi connectivity index (χ4n) is 3.84. The van der Waals surface area contributed by atoms with E-state index < -0.39 is 47.6 Å². The van der Waals surface area contributed by atoms with E-state index in [1.165, 1.54) is 17.0 Å². The van der Waals surface area contributed by atoms with E-state index in [2.05, 4.69) is 37.1 Å². The van der Waals surface area contributed by atoms with Crippen molar-refractivity contribution in [3.63, 3.8) is 0 Å². The lowest BCUT2D eigenvalue weighted by molar-refractivity contribution is -0.145. The molecule has 0 aliphatic heterocycles. The molecule has 0 heterocycles. The van der Waals surface area contributed by atoms with Gasteiger partial charge in [0, 0.05) is 18.3 Å². The summed E-state index contributed by atoms with van der Waals surface area (Å²) < 4.78 is 10.3. The third-order valence-electron chi connectivity index (χ3n) is 5.73. The van der Waals surface area contributed by atoms with Crippen LogP contribution < -0.4 is 10.6 Å². The zero-order valence-electron chi connectivity index (χ0n) is 24.2. The number of hydrogen-bond acceptors (Lipinski definition) is 8. The van der Waals surface area contributed by atoms with Gasteiger partial charge in [0.25, 0.3) is 0 Å². The van der Waals surface area contributed by atoms with Crippen molar-refractivity contribution in [1.82, 2.24) is 15.5 Å². The van der Waals surface area contributed by atoms with Gasteiger partial charge in [0.2, 0.25) is 11.8 Å². The maximum Gasteiger partial charge on any atom is 0.408 e. The largest absolute Gasteiger partial charge is 0.508 e. The number of thiol groups is 1. The molecule has 3 amide bonds. The van der Waals surface area contributed by atoms with Gasteiger partial charge in [-0.15, -0.1) is 0 Å². The number of amides is 3. The number of ether oxygens (including phenoxy) is 2. The lowest BCUT2D eigenvalue weighted by Crippen LogP contribution is -2.56. The van der Waals surface area contributed by atoms with Crippen molar-refractivity contribution in [2.75, 3.05) is 18.9 Å². The van der Waals surface area contributed by atoms with Gasteiger partial charge in [0.15, 0.2) is 0 Å². The molecule has 1 rings (SSSR count). The number of carbonyl (C=O) groups excluding carboxylic acids is 4. The fraction of sp³-hybridized carbons (Fsp3) is 0.643. The molecular weight excluding hydrogens is 522 g/mol. The molecule has 0 spiro atoms. The number of carbonyl (C=O) groups is 4. The number of benzene rings is 1. The molecule has 0 radical (unpaired) electrons. The Balaban J connectivity index is 3.44. The van der Waals surface area contributed by atoms with Gasteiger partial charge in [-0.25, -0.2) is 4.79 Å². The first-order chi connectivity index (χ1) is 18.2. The molecule has 0 fully saturated rings. The molecule has 0 aromatic heterocycles. The monoisotopic (exact) mass is 567 g/mol. The van der Waals surface area contributed by atoms with E-state index in [-0.39, 0.29) is 31.1 Å². The quantitative estimate of drug-likeness (QED) is 0.197. The molecule has 220 valence electrons. The van der Waals surface area contributed by atoms with Gasteiger partial charge < -0.3 is 30.1 Å². The Labute approximate surface area is 237 Å². The van der Waals surface area contributed by atoms with Crippen LogP contribution in [0.5, 0.6) is 5.75 Å². The first-order valence-corrected chi connectivity index (χ1v) is 14.0. The molecule has 0 saturated carbocycles. The summed E-state index contributed by atoms with van der Waals surface area (Å²) in [5.41, 5.74) is -0.312. The van der Waals surface area contributed by atoms with Crippen LogP contribution in [0.25, 0.3) is 0 Å². The average molecular weight is 568 g/mol. The first-order valence-electron chi connectivity index (χ1n) is 13.3. The molecule has 1 aromatic rings. The molecule has 0 aliphatic carbocycles. The molecule has 1 aromatic carbocycles. The number of hydrogen-bond donors (Lipinski definition) is 4. The van der Waals surface area contributed by atoms with Crippen LogP contribution >= 0.6 is 12.6 Å². The molecule has 10 nitrogen and oxygen atoms in total. The van der Waals surface area contributed by atoms with E-state index in [1.807, 2.05) is 6.92 Å². The van der Waals surface area contributed by atoms with Gasteiger partial charge in [-0.3, -0.25) is 14.4 Å². The van der Waals surface area contributed by atoms with E-state index in [0.717, 1.165) is 6.42 Å². The normalized spacial score (nSPS) is 13.7. The van der Waals surface area contributed by atoms with E-state index in [0.29, 0.717) is 17.9 Å². The predicted octanol–water partition coefficient (Wildman–Crippen LogP) is 3.98. The SMILES string of the molecule is CCOC(=O)CCNC(=O)C(c1ccc(O)cc1)N(C(=O)C(CS)NC(=O)OC(C)(C)C)C(C)CCC(C)C. The van der Waals surface area contributed by atoms with Gasteiger partial charge >= 0.3 is 12.1 Å². The highest BCUT2D eigenvalue weighted by molar-refractivity contribution is 7.80. The number of phenols is 1. The van der Waals surface area contributed by atoms with Crippen molar-refractivity contribution in [3.05, 3.63) is 29.8 Å². The topological polar surface area (TPSA) is 134 Å². The molecule has 11 heteroatoms. The summed E-state index contributed by atoms with van der Waals surface area (Å²) >= 11 is 4.31. The highest BCUT2D eigenvalue weighted by Gasteiger charge is 2.38. The summed E-state index contributed by atoms with van der Waals surface area (Å²) in [4.78, 5) is 53.4. The number of rotatable bonds is 14. The fourth-order valence-corrected chi connectivity index (χ4v) is 4.09. The van der Waals surface area contributed by atoms with Crippen LogP contribution in [0.3, 0.4) is 0 Å². The summed E-state index contributed by atoms with van der Waals surface area (Å²) in [7, 11) is 0. The van der Waals surface area contributed by atoms with Crippen LogP contribution in [0.2, 0.25) is 0 Å².